The number of aromatic nitrogens is 1. The Hall–Kier alpha value is -2.89. The molecule has 1 aliphatic carbocycles. The Kier molecular flexibility index (Phi) is 3.87. The van der Waals surface area contributed by atoms with Gasteiger partial charge in [-0.3, -0.25) is 9.59 Å². The molecule has 128 valence electrons. The van der Waals surface area contributed by atoms with Gasteiger partial charge in [0.05, 0.1) is 24.1 Å². The van der Waals surface area contributed by atoms with Crippen molar-refractivity contribution in [2.24, 2.45) is 0 Å². The number of nitrogens with one attached hydrogen (secondary N) is 1. The van der Waals surface area contributed by atoms with E-state index in [2.05, 4.69) is 10.3 Å². The number of carbonyl (C=O) groups is 2. The molecule has 2 N–H and O–H groups in total. The zero-order valence-electron chi connectivity index (χ0n) is 13.6. The van der Waals surface area contributed by atoms with E-state index in [0.717, 1.165) is 29.5 Å². The van der Waals surface area contributed by atoms with Crippen LogP contribution in [0.25, 0.3) is 0 Å². The molecule has 0 saturated heterocycles. The van der Waals surface area contributed by atoms with E-state index in [1.165, 1.54) is 6.20 Å². The minimum Gasteiger partial charge on any atom is -0.481 e. The number of ether oxygens (including phenoxy) is 1. The van der Waals surface area contributed by atoms with E-state index < -0.39 is 11.9 Å². The van der Waals surface area contributed by atoms with Crippen LogP contribution in [0.4, 0.5) is 0 Å². The number of carbonyl (C=O) groups excluding carboxylic acids is 1. The third-order valence-electron chi connectivity index (χ3n) is 4.84. The van der Waals surface area contributed by atoms with Gasteiger partial charge in [-0.1, -0.05) is 24.3 Å². The molecule has 1 aromatic heterocycles. The smallest absolute Gasteiger partial charge is 0.311 e. The van der Waals surface area contributed by atoms with Crippen LogP contribution in [0.2, 0.25) is 0 Å². The van der Waals surface area contributed by atoms with Gasteiger partial charge in [0.25, 0.3) is 5.91 Å². The number of amides is 1. The number of carboxylic acids is 1. The first-order valence-electron chi connectivity index (χ1n) is 8.37. The van der Waals surface area contributed by atoms with E-state index in [-0.39, 0.29) is 11.9 Å². The number of rotatable bonds is 3. The number of aryl methyl sites for hydroxylation is 1. The van der Waals surface area contributed by atoms with Crippen molar-refractivity contribution in [2.45, 2.75) is 31.2 Å². The average Bonchev–Trinajstić information content (AvgIpc) is 3.00. The molecule has 2 unspecified atom stereocenters. The van der Waals surface area contributed by atoms with Gasteiger partial charge in [-0.05, 0) is 36.5 Å². The Balaban J connectivity index is 1.56. The van der Waals surface area contributed by atoms with Crippen LogP contribution in [0, 0.1) is 0 Å². The summed E-state index contributed by atoms with van der Waals surface area (Å²) >= 11 is 0. The van der Waals surface area contributed by atoms with E-state index >= 15 is 0 Å². The van der Waals surface area contributed by atoms with Crippen LogP contribution in [0.3, 0.4) is 0 Å². The summed E-state index contributed by atoms with van der Waals surface area (Å²) in [5, 5.41) is 12.4. The molecule has 0 radical (unpaired) electrons. The number of aliphatic carboxylic acids is 1. The molecule has 2 atom stereocenters. The van der Waals surface area contributed by atoms with Crippen molar-refractivity contribution >= 4 is 11.9 Å². The third kappa shape index (κ3) is 2.84. The fraction of sp³-hybridized carbons (Fsp3) is 0.316. The van der Waals surface area contributed by atoms with E-state index in [9.17, 15) is 14.7 Å². The number of hydrogen-bond acceptors (Lipinski definition) is 4. The lowest BCUT2D eigenvalue weighted by atomic mass is 10.0. The largest absolute Gasteiger partial charge is 0.481 e. The first-order valence-corrected chi connectivity index (χ1v) is 8.37. The molecular weight excluding hydrogens is 320 g/mol. The summed E-state index contributed by atoms with van der Waals surface area (Å²) < 4.78 is 5.47. The second-order valence-corrected chi connectivity index (χ2v) is 6.42. The Morgan fingerprint density at radius 1 is 1.24 bits per heavy atom. The predicted molar refractivity (Wildman–Crippen MR) is 89.7 cm³/mol. The van der Waals surface area contributed by atoms with E-state index in [1.807, 2.05) is 30.3 Å². The summed E-state index contributed by atoms with van der Waals surface area (Å²) in [7, 11) is 0. The number of carboxylic acid groups (broad SMARTS) is 1. The summed E-state index contributed by atoms with van der Waals surface area (Å²) in [5.74, 6) is -1.10. The lowest BCUT2D eigenvalue weighted by Gasteiger charge is -2.18. The molecule has 1 aromatic carbocycles. The molecule has 6 nitrogen and oxygen atoms in total. The van der Waals surface area contributed by atoms with Gasteiger partial charge in [-0.25, -0.2) is 4.98 Å². The highest BCUT2D eigenvalue weighted by molar-refractivity contribution is 5.94. The molecule has 2 aliphatic rings. The van der Waals surface area contributed by atoms with Crippen molar-refractivity contribution in [3.63, 3.8) is 0 Å². The third-order valence-corrected chi connectivity index (χ3v) is 4.84. The molecule has 0 spiro atoms. The maximum Gasteiger partial charge on any atom is 0.311 e. The van der Waals surface area contributed by atoms with Crippen molar-refractivity contribution < 1.29 is 19.4 Å². The number of fused-ring (bicyclic) bond motifs is 2. The van der Waals surface area contributed by atoms with Crippen LogP contribution in [0.5, 0.6) is 5.88 Å². The van der Waals surface area contributed by atoms with E-state index in [0.29, 0.717) is 24.5 Å². The molecule has 0 bridgehead atoms. The summed E-state index contributed by atoms with van der Waals surface area (Å²) in [4.78, 5) is 28.3. The Morgan fingerprint density at radius 3 is 2.84 bits per heavy atom. The van der Waals surface area contributed by atoms with Gasteiger partial charge in [0, 0.05) is 11.8 Å². The maximum atomic E-state index is 12.6. The first kappa shape index (κ1) is 15.6. The molecule has 6 heteroatoms. The standard InChI is InChI=1S/C19H18N2O4/c22-17(12-8-11-4-3-7-25-18(11)20-10-12)21-16-9-15(19(23)24)13-5-1-2-6-14(13)16/h1-2,5-6,8,10,15-16H,3-4,7,9H2,(H,21,22)(H,23,24). The van der Waals surface area contributed by atoms with E-state index in [4.69, 9.17) is 4.74 Å². The van der Waals surface area contributed by atoms with Crippen LogP contribution >= 0.6 is 0 Å². The molecule has 0 fully saturated rings. The fourth-order valence-corrected chi connectivity index (χ4v) is 3.61. The predicted octanol–water partition coefficient (Wildman–Crippen LogP) is 2.45. The summed E-state index contributed by atoms with van der Waals surface area (Å²) in [6, 6.07) is 8.89. The van der Waals surface area contributed by atoms with Gasteiger partial charge in [-0.15, -0.1) is 0 Å². The Labute approximate surface area is 144 Å². The van der Waals surface area contributed by atoms with Crippen LogP contribution in [0.15, 0.2) is 36.5 Å². The number of nitrogens with zero attached hydrogens (tertiary/aromatic N) is 1. The SMILES string of the molecule is O=C(NC1CC(C(=O)O)c2ccccc21)c1cnc2c(c1)CCCO2. The summed E-state index contributed by atoms with van der Waals surface area (Å²) in [6.45, 7) is 0.654. The minimum absolute atomic E-state index is 0.244. The quantitative estimate of drug-likeness (QED) is 0.897. The number of pyridine rings is 1. The zero-order chi connectivity index (χ0) is 17.4. The number of hydrogen-bond donors (Lipinski definition) is 2. The molecule has 4 rings (SSSR count). The fourth-order valence-electron chi connectivity index (χ4n) is 3.61. The highest BCUT2D eigenvalue weighted by Gasteiger charge is 2.36. The van der Waals surface area contributed by atoms with Crippen LogP contribution in [-0.2, 0) is 11.2 Å². The first-order chi connectivity index (χ1) is 12.1. The average molecular weight is 338 g/mol. The van der Waals surface area contributed by atoms with Crippen molar-refractivity contribution in [3.8, 4) is 5.88 Å². The summed E-state index contributed by atoms with van der Waals surface area (Å²) in [5.41, 5.74) is 3.06. The van der Waals surface area contributed by atoms with Crippen LogP contribution < -0.4 is 10.1 Å². The highest BCUT2D eigenvalue weighted by Crippen LogP contribution is 2.40. The molecule has 2 aromatic rings. The lowest BCUT2D eigenvalue weighted by Crippen LogP contribution is -2.28. The molecule has 1 amide bonds. The normalized spacial score (nSPS) is 21.0. The van der Waals surface area contributed by atoms with Crippen molar-refractivity contribution in [3.05, 3.63) is 58.8 Å². The molecule has 0 saturated carbocycles. The monoisotopic (exact) mass is 338 g/mol. The maximum absolute atomic E-state index is 12.6. The van der Waals surface area contributed by atoms with Gasteiger partial charge in [0.1, 0.15) is 0 Å². The van der Waals surface area contributed by atoms with Crippen LogP contribution in [0.1, 0.15) is 51.8 Å². The molecule has 1 aliphatic heterocycles. The second-order valence-electron chi connectivity index (χ2n) is 6.42. The van der Waals surface area contributed by atoms with Crippen molar-refractivity contribution in [1.29, 1.82) is 0 Å². The Morgan fingerprint density at radius 2 is 2.04 bits per heavy atom. The molecule has 25 heavy (non-hydrogen) atoms. The zero-order valence-corrected chi connectivity index (χ0v) is 13.6. The van der Waals surface area contributed by atoms with Gasteiger partial charge < -0.3 is 15.2 Å². The lowest BCUT2D eigenvalue weighted by molar-refractivity contribution is -0.138. The van der Waals surface area contributed by atoms with Gasteiger partial charge in [0.15, 0.2) is 0 Å². The number of benzene rings is 1. The topological polar surface area (TPSA) is 88.5 Å². The van der Waals surface area contributed by atoms with Gasteiger partial charge >= 0.3 is 5.97 Å². The summed E-state index contributed by atoms with van der Waals surface area (Å²) in [6.07, 6.45) is 3.63. The molecular formula is C19H18N2O4. The van der Waals surface area contributed by atoms with Crippen molar-refractivity contribution in [1.82, 2.24) is 10.3 Å². The van der Waals surface area contributed by atoms with Gasteiger partial charge in [-0.2, -0.15) is 0 Å². The molecule has 2 heterocycles. The Bertz CT molecular complexity index is 849. The minimum atomic E-state index is -0.864. The second kappa shape index (κ2) is 6.20. The van der Waals surface area contributed by atoms with Gasteiger partial charge in [0.2, 0.25) is 5.88 Å². The van der Waals surface area contributed by atoms with Crippen LogP contribution in [-0.4, -0.2) is 28.6 Å². The van der Waals surface area contributed by atoms with E-state index in [1.54, 1.807) is 0 Å². The van der Waals surface area contributed by atoms with Crippen molar-refractivity contribution in [2.75, 3.05) is 6.61 Å². The highest BCUT2D eigenvalue weighted by atomic mass is 16.5.